The van der Waals surface area contributed by atoms with Gasteiger partial charge in [0.25, 0.3) is 8.32 Å². The molecule has 2 heterocycles. The van der Waals surface area contributed by atoms with Gasteiger partial charge in [0, 0.05) is 11.6 Å². The van der Waals surface area contributed by atoms with Gasteiger partial charge in [-0.05, 0) is 80.2 Å². The average Bonchev–Trinajstić information content (AvgIpc) is 3.57. The van der Waals surface area contributed by atoms with Crippen molar-refractivity contribution in [3.05, 3.63) is 157 Å². The smallest absolute Gasteiger partial charge is 0.261 e. The number of aromatic nitrogens is 1. The molecule has 4 aromatic carbocycles. The van der Waals surface area contributed by atoms with E-state index in [1.165, 1.54) is 10.4 Å². The van der Waals surface area contributed by atoms with E-state index in [2.05, 4.69) is 106 Å². The number of fused-ring (bicyclic) bond motifs is 1. The Morgan fingerprint density at radius 1 is 0.872 bits per heavy atom. The van der Waals surface area contributed by atoms with Crippen LogP contribution >= 0.6 is 0 Å². The third-order valence-electron chi connectivity index (χ3n) is 9.17. The van der Waals surface area contributed by atoms with Crippen LogP contribution in [0.4, 0.5) is 0 Å². The van der Waals surface area contributed by atoms with Gasteiger partial charge >= 0.3 is 0 Å². The maximum Gasteiger partial charge on any atom is 0.261 e. The molecule has 0 radical (unpaired) electrons. The summed E-state index contributed by atoms with van der Waals surface area (Å²) < 4.78 is 13.5. The molecule has 0 bridgehead atoms. The quantitative estimate of drug-likeness (QED) is 0.147. The molecule has 0 amide bonds. The van der Waals surface area contributed by atoms with E-state index in [0.29, 0.717) is 13.2 Å². The Kier molecular flexibility index (Phi) is 9.69. The molecule has 5 heteroatoms. The van der Waals surface area contributed by atoms with Crippen LogP contribution in [0, 0.1) is 0 Å². The van der Waals surface area contributed by atoms with Crippen molar-refractivity contribution in [2.24, 2.45) is 0 Å². The fourth-order valence-corrected chi connectivity index (χ4v) is 11.4. The first-order valence-corrected chi connectivity index (χ1v) is 18.3. The number of benzene rings is 4. The molecular formula is C42H43NO3Si. The number of ether oxygens (including phenoxy) is 1. The second-order valence-corrected chi connectivity index (χ2v) is 17.5. The van der Waals surface area contributed by atoms with Gasteiger partial charge in [-0.15, -0.1) is 0 Å². The number of pyridine rings is 1. The van der Waals surface area contributed by atoms with Crippen LogP contribution in [0.1, 0.15) is 44.9 Å². The van der Waals surface area contributed by atoms with Crippen molar-refractivity contribution >= 4 is 41.1 Å². The van der Waals surface area contributed by atoms with E-state index in [-0.39, 0.29) is 16.9 Å². The summed E-state index contributed by atoms with van der Waals surface area (Å²) in [6.07, 6.45) is 7.65. The van der Waals surface area contributed by atoms with Gasteiger partial charge in [-0.2, -0.15) is 0 Å². The van der Waals surface area contributed by atoms with Gasteiger partial charge in [-0.1, -0.05) is 130 Å². The van der Waals surface area contributed by atoms with E-state index in [0.717, 1.165) is 51.6 Å². The summed E-state index contributed by atoms with van der Waals surface area (Å²) in [6.45, 7) is 12.4. The molecule has 0 saturated heterocycles. The van der Waals surface area contributed by atoms with Gasteiger partial charge in [-0.3, -0.25) is 4.98 Å². The van der Waals surface area contributed by atoms with Crippen LogP contribution in [0.25, 0.3) is 22.4 Å². The molecule has 1 aromatic heterocycles. The molecule has 5 aromatic rings. The molecule has 0 fully saturated rings. The molecule has 1 unspecified atom stereocenters. The topological polar surface area (TPSA) is 51.6 Å². The van der Waals surface area contributed by atoms with Gasteiger partial charge in [0.05, 0.1) is 25.0 Å². The highest BCUT2D eigenvalue weighted by Gasteiger charge is 2.50. The molecule has 0 saturated carbocycles. The summed E-state index contributed by atoms with van der Waals surface area (Å²) in [5.74, 6) is 0.282. The number of allylic oxidation sites excluding steroid dienone is 1. The Hall–Kier alpha value is -4.55. The van der Waals surface area contributed by atoms with Gasteiger partial charge in [0.15, 0.2) is 0 Å². The molecule has 1 aliphatic rings. The minimum atomic E-state index is -2.70. The summed E-state index contributed by atoms with van der Waals surface area (Å²) >= 11 is 0. The summed E-state index contributed by atoms with van der Waals surface area (Å²) in [4.78, 5) is 4.70. The number of phenolic OH excluding ortho intramolecular Hbond substituents is 1. The lowest BCUT2D eigenvalue weighted by Crippen LogP contribution is -2.66. The minimum absolute atomic E-state index is 0.0890. The molecule has 47 heavy (non-hydrogen) atoms. The Bertz CT molecular complexity index is 1850. The molecule has 1 atom stereocenters. The molecule has 238 valence electrons. The maximum atomic E-state index is 10.5. The zero-order valence-corrected chi connectivity index (χ0v) is 28.5. The normalized spacial score (nSPS) is 15.5. The molecule has 1 N–H and O–H groups in total. The SMILES string of the molecule is C=C(CO[Si](c1ccccc1)(c1ccccc1)C(C)(C)C)C1=CCOC1CC/C(=C/c1ccc(O)c2ccccc12)c1ccccn1. The van der Waals surface area contributed by atoms with Crippen molar-refractivity contribution in [2.45, 2.75) is 44.8 Å². The van der Waals surface area contributed by atoms with Gasteiger partial charge < -0.3 is 14.3 Å². The molecule has 0 spiro atoms. The number of nitrogens with zero attached hydrogens (tertiary/aromatic N) is 1. The van der Waals surface area contributed by atoms with Crippen LogP contribution in [0.15, 0.2) is 145 Å². The van der Waals surface area contributed by atoms with Crippen LogP contribution in [0.5, 0.6) is 5.75 Å². The number of phenols is 1. The monoisotopic (exact) mass is 637 g/mol. The Morgan fingerprint density at radius 2 is 1.51 bits per heavy atom. The Labute approximate surface area is 279 Å². The van der Waals surface area contributed by atoms with Crippen molar-refractivity contribution in [1.82, 2.24) is 4.98 Å². The van der Waals surface area contributed by atoms with Crippen LogP contribution in [-0.4, -0.2) is 37.7 Å². The number of hydrogen-bond donors (Lipinski definition) is 1. The first kappa shape index (κ1) is 32.4. The zero-order chi connectivity index (χ0) is 32.9. The second-order valence-electron chi connectivity index (χ2n) is 13.2. The van der Waals surface area contributed by atoms with Crippen molar-refractivity contribution in [3.63, 3.8) is 0 Å². The maximum absolute atomic E-state index is 10.5. The van der Waals surface area contributed by atoms with Gasteiger partial charge in [0.1, 0.15) is 5.75 Å². The Balaban J connectivity index is 1.25. The van der Waals surface area contributed by atoms with Crippen molar-refractivity contribution in [1.29, 1.82) is 0 Å². The lowest BCUT2D eigenvalue weighted by molar-refractivity contribution is 0.117. The predicted octanol–water partition coefficient (Wildman–Crippen LogP) is 8.72. The largest absolute Gasteiger partial charge is 0.507 e. The van der Waals surface area contributed by atoms with E-state index in [9.17, 15) is 5.11 Å². The van der Waals surface area contributed by atoms with E-state index >= 15 is 0 Å². The van der Waals surface area contributed by atoms with Crippen LogP contribution < -0.4 is 10.4 Å². The van der Waals surface area contributed by atoms with Gasteiger partial charge in [-0.25, -0.2) is 0 Å². The van der Waals surface area contributed by atoms with Crippen LogP contribution in [0.3, 0.4) is 0 Å². The van der Waals surface area contributed by atoms with Crippen LogP contribution in [-0.2, 0) is 9.16 Å². The summed E-state index contributed by atoms with van der Waals surface area (Å²) in [5.41, 5.74) is 5.18. The molecule has 1 aliphatic heterocycles. The summed E-state index contributed by atoms with van der Waals surface area (Å²) in [5, 5.41) is 14.7. The van der Waals surface area contributed by atoms with Crippen molar-refractivity contribution < 1.29 is 14.3 Å². The molecule has 0 aliphatic carbocycles. The third-order valence-corrected chi connectivity index (χ3v) is 14.2. The first-order chi connectivity index (χ1) is 22.8. The highest BCUT2D eigenvalue weighted by atomic mass is 28.4. The summed E-state index contributed by atoms with van der Waals surface area (Å²) in [6, 6.07) is 39.2. The third kappa shape index (κ3) is 6.79. The first-order valence-electron chi connectivity index (χ1n) is 16.4. The van der Waals surface area contributed by atoms with Crippen LogP contribution in [0.2, 0.25) is 5.04 Å². The van der Waals surface area contributed by atoms with Crippen molar-refractivity contribution in [2.75, 3.05) is 13.2 Å². The highest BCUT2D eigenvalue weighted by molar-refractivity contribution is 6.99. The van der Waals surface area contributed by atoms with E-state index in [1.54, 1.807) is 6.07 Å². The lowest BCUT2D eigenvalue weighted by atomic mass is 9.94. The fraction of sp³-hybridized carbons (Fsp3) is 0.214. The van der Waals surface area contributed by atoms with E-state index in [4.69, 9.17) is 14.1 Å². The molecule has 4 nitrogen and oxygen atoms in total. The second kappa shape index (κ2) is 14.1. The Morgan fingerprint density at radius 3 is 2.15 bits per heavy atom. The average molecular weight is 638 g/mol. The molecular weight excluding hydrogens is 595 g/mol. The van der Waals surface area contributed by atoms with Gasteiger partial charge in [0.2, 0.25) is 0 Å². The zero-order valence-electron chi connectivity index (χ0n) is 27.5. The minimum Gasteiger partial charge on any atom is -0.507 e. The highest BCUT2D eigenvalue weighted by Crippen LogP contribution is 2.38. The number of rotatable bonds is 11. The lowest BCUT2D eigenvalue weighted by Gasteiger charge is -2.43. The predicted molar refractivity (Wildman–Crippen MR) is 197 cm³/mol. The standard InChI is InChI=1S/C42H43NO3Si/c1-31(30-46-47(42(2,3)4,34-15-7-5-8-16-34)35-17-9-6-10-18-35)36-26-28-45-41(36)25-23-33(39-21-13-14-27-43-39)29-32-22-24-40(44)38-20-12-11-19-37(32)38/h5-22,24,26-27,29,41,44H,1,23,25,28,30H2,2-4H3/b33-29-. The van der Waals surface area contributed by atoms with E-state index < -0.39 is 8.32 Å². The number of hydrogen-bond acceptors (Lipinski definition) is 4. The summed E-state index contributed by atoms with van der Waals surface area (Å²) in [7, 11) is -2.70. The fourth-order valence-electron chi connectivity index (χ4n) is 6.86. The van der Waals surface area contributed by atoms with Crippen molar-refractivity contribution in [3.8, 4) is 5.75 Å². The van der Waals surface area contributed by atoms with E-state index in [1.807, 2.05) is 48.7 Å². The number of aromatic hydroxyl groups is 1. The molecule has 6 rings (SSSR count).